The molecule has 0 unspecified atom stereocenters. The number of esters is 2. The third-order valence-corrected chi connectivity index (χ3v) is 12.2. The smallest absolute Gasteiger partial charge is 0.417 e. The summed E-state index contributed by atoms with van der Waals surface area (Å²) in [5.41, 5.74) is 11.5. The Kier molecular flexibility index (Phi) is 18.1. The van der Waals surface area contributed by atoms with Crippen LogP contribution in [0.4, 0.5) is 32.3 Å². The van der Waals surface area contributed by atoms with Gasteiger partial charge in [-0.15, -0.1) is 0 Å². The van der Waals surface area contributed by atoms with Gasteiger partial charge >= 0.3 is 24.1 Å². The van der Waals surface area contributed by atoms with Crippen molar-refractivity contribution in [1.29, 1.82) is 0 Å². The van der Waals surface area contributed by atoms with Crippen LogP contribution in [0.25, 0.3) is 43.8 Å². The van der Waals surface area contributed by atoms with Gasteiger partial charge in [0, 0.05) is 67.9 Å². The van der Waals surface area contributed by atoms with Crippen LogP contribution in [-0.4, -0.2) is 24.1 Å². The van der Waals surface area contributed by atoms with Gasteiger partial charge in [0.15, 0.2) is 0 Å². The molecule has 9 aromatic rings. The van der Waals surface area contributed by atoms with E-state index in [1.807, 2.05) is 91.0 Å². The Labute approximate surface area is 449 Å². The van der Waals surface area contributed by atoms with Crippen molar-refractivity contribution in [3.05, 3.63) is 206 Å². The first-order valence-corrected chi connectivity index (χ1v) is 24.1. The molecule has 9 aromatic carbocycles. The molecule has 3 amide bonds. The van der Waals surface area contributed by atoms with E-state index in [0.717, 1.165) is 33.0 Å². The Morgan fingerprint density at radius 1 is 0.397 bits per heavy atom. The largest absolute Gasteiger partial charge is 0.427 e. The van der Waals surface area contributed by atoms with E-state index in [1.54, 1.807) is 78.9 Å². The first-order chi connectivity index (χ1) is 35.0. The Morgan fingerprint density at radius 2 is 0.877 bits per heavy atom. The molecule has 0 aliphatic carbocycles. The molecule has 5 N–H and O–H groups in total. The van der Waals surface area contributed by atoms with Crippen LogP contribution >= 0.6 is 69.6 Å². The summed E-state index contributed by atoms with van der Waals surface area (Å²) in [7, 11) is 0. The van der Waals surface area contributed by atoms with Gasteiger partial charge in [-0.2, -0.15) is 0 Å². The maximum absolute atomic E-state index is 12.8. The summed E-state index contributed by atoms with van der Waals surface area (Å²) >= 11 is 37.5. The first kappa shape index (κ1) is 53.3. The van der Waals surface area contributed by atoms with Gasteiger partial charge < -0.3 is 30.6 Å². The van der Waals surface area contributed by atoms with E-state index in [9.17, 15) is 19.2 Å². The van der Waals surface area contributed by atoms with Crippen LogP contribution in [0.15, 0.2) is 176 Å². The number of ether oxygens (including phenoxy) is 3. The number of nitrogen functional groups attached to an aromatic ring is 1. The lowest BCUT2D eigenvalue weighted by Gasteiger charge is -2.14. The number of hydrogen-bond acceptors (Lipinski definition) is 8. The highest BCUT2D eigenvalue weighted by Crippen LogP contribution is 2.40. The Morgan fingerprint density at radius 3 is 1.38 bits per heavy atom. The highest BCUT2D eigenvalue weighted by molar-refractivity contribution is 6.42. The summed E-state index contributed by atoms with van der Waals surface area (Å²) in [4.78, 5) is 47.6. The van der Waals surface area contributed by atoms with Crippen LogP contribution in [0.3, 0.4) is 0 Å². The highest BCUT2D eigenvalue weighted by Gasteiger charge is 2.17. The second-order valence-electron chi connectivity index (χ2n) is 15.6. The molecule has 368 valence electrons. The third kappa shape index (κ3) is 14.4. The molecule has 0 aliphatic rings. The average molecular weight is 1090 g/mol. The van der Waals surface area contributed by atoms with Gasteiger partial charge in [0.25, 0.3) is 0 Å². The number of nitrogens with two attached hydrogens (primary N) is 1. The molecule has 9 rings (SSSR count). The normalized spacial score (nSPS) is 10.5. The molecule has 11 nitrogen and oxygen atoms in total. The molecule has 0 spiro atoms. The molecule has 0 bridgehead atoms. The van der Waals surface area contributed by atoms with Crippen molar-refractivity contribution in [2.75, 3.05) is 21.7 Å². The van der Waals surface area contributed by atoms with Gasteiger partial charge in [0.2, 0.25) is 0 Å². The zero-order valence-electron chi connectivity index (χ0n) is 38.4. The van der Waals surface area contributed by atoms with Crippen LogP contribution in [-0.2, 0) is 9.59 Å². The molecule has 0 atom stereocenters. The van der Waals surface area contributed by atoms with E-state index >= 15 is 0 Å². The molecular weight excluding hydrogens is 1050 g/mol. The van der Waals surface area contributed by atoms with Gasteiger partial charge in [-0.1, -0.05) is 148 Å². The number of benzene rings is 9. The topological polar surface area (TPSA) is 158 Å². The minimum atomic E-state index is -0.709. The standard InChI is InChI=1S/C25H17Cl3N2O3.C19H13Cl2NO4.C12H10ClN/c1-14(31)33-17-9-10-19-20(12-17)24(23(28)13-22(19)27)30-25(32)29-16-6-4-5-15(11-16)18-7-2-3-8-21(18)26;1-11(23)25-13-7-8-14-15(9-13)18(17(21)10-16(14)20)22-19(24)26-12-5-3-2-4-6-12;13-12-7-2-1-6-11(12)9-4-3-5-10(14)8-9/h2-13H,1H3,(H2,29,30,32);2-10H,1H3,(H,22,24);1-8H,14H2. The van der Waals surface area contributed by atoms with Crippen LogP contribution in [0, 0.1) is 0 Å². The lowest BCUT2D eigenvalue weighted by molar-refractivity contribution is -0.132. The quantitative estimate of drug-likeness (QED) is 0.0665. The maximum Gasteiger partial charge on any atom is 0.417 e. The second kappa shape index (κ2) is 24.8. The number of fused-ring (bicyclic) bond motifs is 2. The molecule has 17 heteroatoms. The Hall–Kier alpha value is -7.48. The van der Waals surface area contributed by atoms with Gasteiger partial charge in [0.1, 0.15) is 17.2 Å². The number of anilines is 4. The number of carbonyl (C=O) groups excluding carboxylic acids is 4. The molecule has 73 heavy (non-hydrogen) atoms. The number of amides is 3. The number of rotatable bonds is 8. The van der Waals surface area contributed by atoms with E-state index in [0.29, 0.717) is 70.9 Å². The third-order valence-electron chi connectivity index (χ3n) is 10.3. The fourth-order valence-electron chi connectivity index (χ4n) is 7.23. The number of carbonyl (C=O) groups is 4. The Balaban J connectivity index is 0.000000173. The predicted octanol–water partition coefficient (Wildman–Crippen LogP) is 17.3. The second-order valence-corrected chi connectivity index (χ2v) is 18.0. The zero-order valence-corrected chi connectivity index (χ0v) is 43.0. The summed E-state index contributed by atoms with van der Waals surface area (Å²) in [6, 6.07) is 51.2. The van der Waals surface area contributed by atoms with Gasteiger partial charge in [-0.25, -0.2) is 9.59 Å². The van der Waals surface area contributed by atoms with Crippen molar-refractivity contribution in [1.82, 2.24) is 0 Å². The van der Waals surface area contributed by atoms with E-state index in [2.05, 4.69) is 16.0 Å². The Bertz CT molecular complexity index is 3530. The van der Waals surface area contributed by atoms with Crippen molar-refractivity contribution in [2.45, 2.75) is 13.8 Å². The van der Waals surface area contributed by atoms with E-state index in [1.165, 1.54) is 19.9 Å². The lowest BCUT2D eigenvalue weighted by atomic mass is 10.1. The van der Waals surface area contributed by atoms with Crippen molar-refractivity contribution >= 4 is 138 Å². The number of halogens is 6. The van der Waals surface area contributed by atoms with Gasteiger partial charge in [-0.3, -0.25) is 14.9 Å². The molecule has 0 fully saturated rings. The van der Waals surface area contributed by atoms with Gasteiger partial charge in [-0.05, 0) is 108 Å². The SMILES string of the molecule is CC(=O)Oc1ccc2c(Cl)cc(Cl)c(NC(=O)Nc3cccc(-c4ccccc4Cl)c3)c2c1.CC(=O)Oc1ccc2c(Cl)cc(Cl)c(NC(=O)Oc3ccccc3)c2c1.Nc1cccc(-c2ccccc2Cl)c1. The number of para-hydroxylation sites is 1. The molecule has 0 saturated heterocycles. The molecule has 0 heterocycles. The number of nitrogens with one attached hydrogen (secondary N) is 3. The monoisotopic (exact) mass is 1090 g/mol. The first-order valence-electron chi connectivity index (χ1n) is 21.8. The fraction of sp³-hybridized carbons (Fsp3) is 0.0357. The van der Waals surface area contributed by atoms with E-state index in [-0.39, 0.29) is 10.0 Å². The van der Waals surface area contributed by atoms with Crippen molar-refractivity contribution in [3.8, 4) is 39.5 Å². The number of urea groups is 1. The highest BCUT2D eigenvalue weighted by atomic mass is 35.5. The lowest BCUT2D eigenvalue weighted by Crippen LogP contribution is -2.20. The van der Waals surface area contributed by atoms with E-state index < -0.39 is 24.1 Å². The summed E-state index contributed by atoms with van der Waals surface area (Å²) < 4.78 is 15.5. The average Bonchev–Trinajstić information content (AvgIpc) is 3.35. The summed E-state index contributed by atoms with van der Waals surface area (Å²) in [6.07, 6.45) is -0.709. The summed E-state index contributed by atoms with van der Waals surface area (Å²) in [6.45, 7) is 2.60. The molecule has 0 aliphatic heterocycles. The van der Waals surface area contributed by atoms with Gasteiger partial charge in [0.05, 0.1) is 31.5 Å². The van der Waals surface area contributed by atoms with Crippen molar-refractivity contribution in [3.63, 3.8) is 0 Å². The predicted molar refractivity (Wildman–Crippen MR) is 297 cm³/mol. The maximum atomic E-state index is 12.8. The zero-order chi connectivity index (χ0) is 52.2. The van der Waals surface area contributed by atoms with Crippen LogP contribution in [0.1, 0.15) is 13.8 Å². The van der Waals surface area contributed by atoms with Crippen molar-refractivity contribution in [2.24, 2.45) is 0 Å². The molecule has 0 aromatic heterocycles. The summed E-state index contributed by atoms with van der Waals surface area (Å²) in [5, 5.41) is 13.2. The molecular formula is C56H40Cl6N4O7. The molecule has 0 radical (unpaired) electrons. The summed E-state index contributed by atoms with van der Waals surface area (Å²) in [5.74, 6) is 0.0793. The fourth-order valence-corrected chi connectivity index (χ4v) is 8.90. The molecule has 0 saturated carbocycles. The van der Waals surface area contributed by atoms with Crippen LogP contribution < -0.4 is 35.9 Å². The minimum Gasteiger partial charge on any atom is -0.427 e. The van der Waals surface area contributed by atoms with E-state index in [4.69, 9.17) is 89.5 Å². The van der Waals surface area contributed by atoms with Crippen molar-refractivity contribution < 1.29 is 33.4 Å². The van der Waals surface area contributed by atoms with Crippen LogP contribution in [0.2, 0.25) is 30.1 Å². The minimum absolute atomic E-state index is 0.229. The van der Waals surface area contributed by atoms with Crippen LogP contribution in [0.5, 0.6) is 17.2 Å². The number of hydrogen-bond donors (Lipinski definition) is 4.